The topological polar surface area (TPSA) is 96.9 Å². The summed E-state index contributed by atoms with van der Waals surface area (Å²) in [4.78, 5) is 29.5. The third kappa shape index (κ3) is 7.24. The van der Waals surface area contributed by atoms with Gasteiger partial charge in [0.05, 0.1) is 13.2 Å². The maximum Gasteiger partial charge on any atom is 0.251 e. The molecule has 2 amide bonds. The lowest BCUT2D eigenvalue weighted by molar-refractivity contribution is -0.128. The molecular weight excluding hydrogens is 526 g/mol. The Kier molecular flexibility index (Phi) is 9.41. The van der Waals surface area contributed by atoms with Crippen molar-refractivity contribution in [1.82, 2.24) is 25.3 Å². The number of nitrogens with one attached hydrogen (secondary N) is 1. The number of amides is 2. The van der Waals surface area contributed by atoms with Crippen LogP contribution in [0, 0.1) is 0 Å². The molecule has 2 fully saturated rings. The SMILES string of the molecule is CC(C)c1nnc(-c2ccc(Oc3cc(C(=O)NCCCN4CCOCC4)ccc3CN3CCCC3=O)cc2)s1. The molecule has 1 N–H and O–H groups in total. The lowest BCUT2D eigenvalue weighted by atomic mass is 10.1. The minimum atomic E-state index is -0.136. The number of aromatic nitrogens is 2. The minimum absolute atomic E-state index is 0.136. The van der Waals surface area contributed by atoms with Crippen molar-refractivity contribution >= 4 is 23.2 Å². The number of nitrogens with zero attached hydrogens (tertiary/aromatic N) is 4. The van der Waals surface area contributed by atoms with Crippen LogP contribution >= 0.6 is 11.3 Å². The van der Waals surface area contributed by atoms with Crippen molar-refractivity contribution in [2.75, 3.05) is 45.9 Å². The number of morpholine rings is 1. The van der Waals surface area contributed by atoms with Gasteiger partial charge in [0.2, 0.25) is 5.91 Å². The molecule has 0 atom stereocenters. The lowest BCUT2D eigenvalue weighted by Crippen LogP contribution is -2.38. The van der Waals surface area contributed by atoms with Crippen molar-refractivity contribution < 1.29 is 19.1 Å². The van der Waals surface area contributed by atoms with E-state index in [0.29, 0.717) is 42.5 Å². The third-order valence-electron chi connectivity index (χ3n) is 7.17. The van der Waals surface area contributed by atoms with Gasteiger partial charge in [0.15, 0.2) is 0 Å². The second-order valence-electron chi connectivity index (χ2n) is 10.5. The number of carbonyl (C=O) groups is 2. The van der Waals surface area contributed by atoms with Crippen molar-refractivity contribution in [2.24, 2.45) is 0 Å². The van der Waals surface area contributed by atoms with E-state index in [1.54, 1.807) is 17.4 Å². The standard InChI is InChI=1S/C30H37N5O4S/c1-21(2)29-32-33-30(40-29)22-8-10-25(11-9-22)39-26-19-23(6-7-24(26)20-35-14-3-5-27(35)36)28(37)31-12-4-13-34-15-17-38-18-16-34/h6-11,19,21H,3-5,12-18,20H2,1-2H3,(H,31,37). The number of ether oxygens (including phenoxy) is 2. The largest absolute Gasteiger partial charge is 0.457 e. The summed E-state index contributed by atoms with van der Waals surface area (Å²) in [6, 6.07) is 13.2. The zero-order valence-corrected chi connectivity index (χ0v) is 24.0. The Morgan fingerprint density at radius 2 is 1.90 bits per heavy atom. The number of carbonyl (C=O) groups excluding carboxylic acids is 2. The highest BCUT2D eigenvalue weighted by Gasteiger charge is 2.22. The zero-order chi connectivity index (χ0) is 27.9. The highest BCUT2D eigenvalue weighted by atomic mass is 32.1. The van der Waals surface area contributed by atoms with Gasteiger partial charge in [-0.2, -0.15) is 0 Å². The minimum Gasteiger partial charge on any atom is -0.457 e. The molecule has 2 aliphatic heterocycles. The van der Waals surface area contributed by atoms with Crippen molar-refractivity contribution in [3.05, 3.63) is 58.6 Å². The average molecular weight is 564 g/mol. The summed E-state index contributed by atoms with van der Waals surface area (Å²) in [5.74, 6) is 1.57. The molecule has 0 radical (unpaired) electrons. The number of likely N-dealkylation sites (tertiary alicyclic amines) is 1. The molecule has 0 saturated carbocycles. The number of rotatable bonds is 11. The molecular formula is C30H37N5O4S. The lowest BCUT2D eigenvalue weighted by Gasteiger charge is -2.26. The van der Waals surface area contributed by atoms with Crippen LogP contribution in [0.1, 0.15) is 60.0 Å². The first kappa shape index (κ1) is 28.2. The zero-order valence-electron chi connectivity index (χ0n) is 23.2. The maximum atomic E-state index is 13.0. The maximum absolute atomic E-state index is 13.0. The molecule has 40 heavy (non-hydrogen) atoms. The molecule has 1 aromatic heterocycles. The molecule has 9 nitrogen and oxygen atoms in total. The van der Waals surface area contributed by atoms with Crippen molar-refractivity contribution in [2.45, 2.75) is 45.6 Å². The first-order chi connectivity index (χ1) is 19.5. The van der Waals surface area contributed by atoms with Crippen LogP contribution in [0.25, 0.3) is 10.6 Å². The number of benzene rings is 2. The molecule has 0 aliphatic carbocycles. The Morgan fingerprint density at radius 1 is 1.10 bits per heavy atom. The molecule has 2 aromatic carbocycles. The van der Waals surface area contributed by atoms with Gasteiger partial charge in [-0.3, -0.25) is 14.5 Å². The second kappa shape index (κ2) is 13.3. The highest BCUT2D eigenvalue weighted by molar-refractivity contribution is 7.14. The van der Waals surface area contributed by atoms with E-state index in [2.05, 4.69) is 34.3 Å². The summed E-state index contributed by atoms with van der Waals surface area (Å²) in [5.41, 5.74) is 2.38. The van der Waals surface area contributed by atoms with Crippen LogP contribution in [0.15, 0.2) is 42.5 Å². The molecule has 0 spiro atoms. The fourth-order valence-corrected chi connectivity index (χ4v) is 5.66. The van der Waals surface area contributed by atoms with E-state index in [-0.39, 0.29) is 11.8 Å². The molecule has 10 heteroatoms. The summed E-state index contributed by atoms with van der Waals surface area (Å²) in [6.45, 7) is 10.4. The molecule has 5 rings (SSSR count). The van der Waals surface area contributed by atoms with E-state index < -0.39 is 0 Å². The first-order valence-corrected chi connectivity index (χ1v) is 14.9. The first-order valence-electron chi connectivity index (χ1n) is 14.1. The Balaban J connectivity index is 1.27. The van der Waals surface area contributed by atoms with E-state index in [1.807, 2.05) is 41.3 Å². The van der Waals surface area contributed by atoms with Crippen LogP contribution in [0.5, 0.6) is 11.5 Å². The monoisotopic (exact) mass is 563 g/mol. The molecule has 3 aromatic rings. The van der Waals surface area contributed by atoms with Crippen molar-refractivity contribution in [3.8, 4) is 22.1 Å². The van der Waals surface area contributed by atoms with Gasteiger partial charge in [0.1, 0.15) is 21.5 Å². The molecule has 0 unspecified atom stereocenters. The van der Waals surface area contributed by atoms with Crippen LogP contribution < -0.4 is 10.1 Å². The predicted molar refractivity (Wildman–Crippen MR) is 155 cm³/mol. The van der Waals surface area contributed by atoms with Gasteiger partial charge in [0, 0.05) is 61.8 Å². The van der Waals surface area contributed by atoms with Gasteiger partial charge in [-0.25, -0.2) is 0 Å². The van der Waals surface area contributed by atoms with Gasteiger partial charge in [-0.15, -0.1) is 10.2 Å². The van der Waals surface area contributed by atoms with Crippen LogP contribution in [0.4, 0.5) is 0 Å². The normalized spacial score (nSPS) is 16.1. The summed E-state index contributed by atoms with van der Waals surface area (Å²) in [5, 5.41) is 13.5. The molecule has 0 bridgehead atoms. The van der Waals surface area contributed by atoms with Crippen molar-refractivity contribution in [1.29, 1.82) is 0 Å². The van der Waals surface area contributed by atoms with E-state index in [9.17, 15) is 9.59 Å². The fraction of sp³-hybridized carbons (Fsp3) is 0.467. The number of hydrogen-bond acceptors (Lipinski definition) is 8. The van der Waals surface area contributed by atoms with Gasteiger partial charge in [-0.05, 0) is 55.8 Å². The van der Waals surface area contributed by atoms with Crippen LogP contribution in [0.3, 0.4) is 0 Å². The third-order valence-corrected chi connectivity index (χ3v) is 8.44. The van der Waals surface area contributed by atoms with Gasteiger partial charge in [0.25, 0.3) is 5.91 Å². The highest BCUT2D eigenvalue weighted by Crippen LogP contribution is 2.32. The number of hydrogen-bond donors (Lipinski definition) is 1. The van der Waals surface area contributed by atoms with E-state index >= 15 is 0 Å². The van der Waals surface area contributed by atoms with Gasteiger partial charge >= 0.3 is 0 Å². The average Bonchev–Trinajstić information content (AvgIpc) is 3.63. The Hall–Kier alpha value is -3.34. The smallest absolute Gasteiger partial charge is 0.251 e. The molecule has 2 aliphatic rings. The van der Waals surface area contributed by atoms with Gasteiger partial charge < -0.3 is 19.7 Å². The van der Waals surface area contributed by atoms with Gasteiger partial charge in [-0.1, -0.05) is 31.3 Å². The van der Waals surface area contributed by atoms with Crippen LogP contribution in [-0.2, 0) is 16.1 Å². The summed E-state index contributed by atoms with van der Waals surface area (Å²) >= 11 is 1.59. The second-order valence-corrected chi connectivity index (χ2v) is 11.5. The summed E-state index contributed by atoms with van der Waals surface area (Å²) in [6.07, 6.45) is 2.32. The fourth-order valence-electron chi connectivity index (χ4n) is 4.81. The van der Waals surface area contributed by atoms with Crippen molar-refractivity contribution in [3.63, 3.8) is 0 Å². The summed E-state index contributed by atoms with van der Waals surface area (Å²) in [7, 11) is 0. The van der Waals surface area contributed by atoms with E-state index in [1.165, 1.54) is 0 Å². The Morgan fingerprint density at radius 3 is 2.60 bits per heavy atom. The van der Waals surface area contributed by atoms with Crippen LogP contribution in [-0.4, -0.2) is 77.7 Å². The van der Waals surface area contributed by atoms with E-state index in [0.717, 1.165) is 73.4 Å². The molecule has 3 heterocycles. The van der Waals surface area contributed by atoms with Crippen LogP contribution in [0.2, 0.25) is 0 Å². The Labute approximate surface area is 239 Å². The summed E-state index contributed by atoms with van der Waals surface area (Å²) < 4.78 is 11.7. The van der Waals surface area contributed by atoms with E-state index in [4.69, 9.17) is 9.47 Å². The Bertz CT molecular complexity index is 1300. The quantitative estimate of drug-likeness (QED) is 0.338. The molecule has 2 saturated heterocycles. The predicted octanol–water partition coefficient (Wildman–Crippen LogP) is 4.70. The molecule has 212 valence electrons.